The molecule has 1 rings (SSSR count). The fourth-order valence-electron chi connectivity index (χ4n) is 3.54. The predicted octanol–water partition coefficient (Wildman–Crippen LogP) is 8.87. The quantitative estimate of drug-likeness (QED) is 0.111. The summed E-state index contributed by atoms with van der Waals surface area (Å²) in [6.45, 7) is 21.0. The lowest BCUT2D eigenvalue weighted by Crippen LogP contribution is -2.19. The van der Waals surface area contributed by atoms with Gasteiger partial charge in [0, 0.05) is 17.3 Å². The van der Waals surface area contributed by atoms with Crippen molar-refractivity contribution >= 4 is 35.6 Å². The van der Waals surface area contributed by atoms with Gasteiger partial charge < -0.3 is 19.7 Å². The highest BCUT2D eigenvalue weighted by Crippen LogP contribution is 2.37. The molecule has 0 bridgehead atoms. The Balaban J connectivity index is 0. The molecule has 0 amide bonds. The zero-order valence-corrected chi connectivity index (χ0v) is 28.4. The molecule has 0 radical (unpaired) electrons. The third kappa shape index (κ3) is 18.2. The van der Waals surface area contributed by atoms with Gasteiger partial charge in [-0.3, -0.25) is 4.99 Å². The third-order valence-electron chi connectivity index (χ3n) is 6.14. The van der Waals surface area contributed by atoms with E-state index in [4.69, 9.17) is 33.2 Å². The zero-order chi connectivity index (χ0) is 32.2. The van der Waals surface area contributed by atoms with E-state index in [0.29, 0.717) is 6.42 Å². The summed E-state index contributed by atoms with van der Waals surface area (Å²) in [6.07, 6.45) is 5.16. The fraction of sp³-hybridized carbons (Fsp3) is 0.719. The van der Waals surface area contributed by atoms with E-state index in [0.717, 1.165) is 36.8 Å². The first-order valence-electron chi connectivity index (χ1n) is 14.4. The van der Waals surface area contributed by atoms with Crippen LogP contribution in [0.2, 0.25) is 0 Å². The van der Waals surface area contributed by atoms with Gasteiger partial charge in [-0.1, -0.05) is 87.6 Å². The third-order valence-corrected chi connectivity index (χ3v) is 6.14. The van der Waals surface area contributed by atoms with Crippen molar-refractivity contribution in [2.45, 2.75) is 124 Å². The fourth-order valence-corrected chi connectivity index (χ4v) is 3.54. The number of nitriles is 1. The van der Waals surface area contributed by atoms with Crippen LogP contribution in [-0.4, -0.2) is 53.3 Å². The van der Waals surface area contributed by atoms with Crippen molar-refractivity contribution < 1.29 is 24.5 Å². The van der Waals surface area contributed by atoms with Crippen LogP contribution in [0.5, 0.6) is 5.75 Å². The number of aliphatic imine (C=N–C) groups is 1. The standard InChI is InChI=1S/C20H33NO2.C11H19NO3.CH2Cl2/c1-13(2)17(12-22)21-11-14-9-15(19(3,4)5)10-16(18(14)23)20(6,7)8;1-3-5-6-7-8-10(9-12)15-11(13)14-4-2;2-1-3/h9-11,13,17,22-23H,12H2,1-8H3;10H,3-8H2,1-2H3;1H2/t17-;;/m0../s1. The Bertz CT molecular complexity index is 932. The molecule has 0 aliphatic rings. The van der Waals surface area contributed by atoms with Crippen LogP contribution in [0.4, 0.5) is 4.79 Å². The number of carbonyl (C=O) groups is 1. The van der Waals surface area contributed by atoms with Crippen molar-refractivity contribution in [1.29, 1.82) is 5.26 Å². The van der Waals surface area contributed by atoms with Crippen molar-refractivity contribution in [2.75, 3.05) is 18.6 Å². The van der Waals surface area contributed by atoms with Gasteiger partial charge in [-0.2, -0.15) is 5.26 Å². The van der Waals surface area contributed by atoms with Crippen LogP contribution in [0, 0.1) is 17.2 Å². The van der Waals surface area contributed by atoms with Crippen LogP contribution in [0.1, 0.15) is 118 Å². The number of phenolic OH excluding ortho intramolecular Hbond substituents is 1. The lowest BCUT2D eigenvalue weighted by molar-refractivity contribution is 0.0396. The number of aliphatic hydroxyl groups excluding tert-OH is 1. The van der Waals surface area contributed by atoms with Crippen molar-refractivity contribution in [3.8, 4) is 11.8 Å². The first-order valence-corrected chi connectivity index (χ1v) is 15.5. The summed E-state index contributed by atoms with van der Waals surface area (Å²) in [5, 5.41) is 29.0. The topological polar surface area (TPSA) is 112 Å². The first-order chi connectivity index (χ1) is 19.0. The molecule has 236 valence electrons. The smallest absolute Gasteiger partial charge is 0.507 e. The summed E-state index contributed by atoms with van der Waals surface area (Å²) in [5.74, 6) is 0.543. The van der Waals surface area contributed by atoms with Gasteiger partial charge in [0.25, 0.3) is 0 Å². The Hall–Kier alpha value is -2.01. The molecule has 2 N–H and O–H groups in total. The van der Waals surface area contributed by atoms with Gasteiger partial charge >= 0.3 is 6.16 Å². The highest BCUT2D eigenvalue weighted by Gasteiger charge is 2.24. The number of rotatable bonds is 11. The molecule has 0 aliphatic carbocycles. The Morgan fingerprint density at radius 3 is 2.07 bits per heavy atom. The van der Waals surface area contributed by atoms with Crippen LogP contribution in [0.15, 0.2) is 17.1 Å². The minimum absolute atomic E-state index is 0.00921. The highest BCUT2D eigenvalue weighted by molar-refractivity contribution is 6.40. The summed E-state index contributed by atoms with van der Waals surface area (Å²) < 4.78 is 9.39. The average molecular weight is 618 g/mol. The SMILES string of the molecule is CC(C)[C@H](CO)N=Cc1cc(C(C)(C)C)cc(C(C)(C)C)c1O.CCCCCCC(C#N)OC(=O)OCC.ClCCl. The van der Waals surface area contributed by atoms with E-state index >= 15 is 0 Å². The van der Waals surface area contributed by atoms with Gasteiger partial charge in [-0.05, 0) is 48.1 Å². The number of benzene rings is 1. The summed E-state index contributed by atoms with van der Waals surface area (Å²) in [7, 11) is 0. The molecule has 1 aromatic rings. The lowest BCUT2D eigenvalue weighted by atomic mass is 9.79. The van der Waals surface area contributed by atoms with Crippen LogP contribution in [-0.2, 0) is 20.3 Å². The molecule has 0 saturated heterocycles. The molecule has 0 fully saturated rings. The van der Waals surface area contributed by atoms with E-state index in [2.05, 4.69) is 64.3 Å². The molecule has 1 aromatic carbocycles. The molecule has 0 heterocycles. The van der Waals surface area contributed by atoms with Crippen LogP contribution in [0.25, 0.3) is 0 Å². The number of hydrogen-bond acceptors (Lipinski definition) is 7. The molecule has 0 spiro atoms. The second-order valence-electron chi connectivity index (χ2n) is 12.1. The minimum atomic E-state index is -0.750. The van der Waals surface area contributed by atoms with Gasteiger partial charge in [0.1, 0.15) is 11.8 Å². The number of halogens is 2. The normalized spacial score (nSPS) is 12.9. The number of aliphatic hydroxyl groups is 1. The van der Waals surface area contributed by atoms with Gasteiger partial charge in [0.05, 0.1) is 24.6 Å². The summed E-state index contributed by atoms with van der Waals surface area (Å²) in [6, 6.07) is 5.90. The molecular formula is C32H54Cl2N2O5. The molecule has 1 unspecified atom stereocenters. The lowest BCUT2D eigenvalue weighted by Gasteiger charge is -2.27. The maximum absolute atomic E-state index is 10.9. The monoisotopic (exact) mass is 616 g/mol. The zero-order valence-electron chi connectivity index (χ0n) is 26.9. The molecule has 7 nitrogen and oxygen atoms in total. The Morgan fingerprint density at radius 1 is 1.07 bits per heavy atom. The summed E-state index contributed by atoms with van der Waals surface area (Å²) >= 11 is 9.53. The average Bonchev–Trinajstić information content (AvgIpc) is 2.86. The van der Waals surface area contributed by atoms with Gasteiger partial charge in [0.2, 0.25) is 0 Å². The van der Waals surface area contributed by atoms with E-state index in [1.165, 1.54) is 5.56 Å². The molecule has 0 saturated carbocycles. The number of ether oxygens (including phenoxy) is 2. The summed E-state index contributed by atoms with van der Waals surface area (Å²) in [5.41, 5.74) is 2.66. The minimum Gasteiger partial charge on any atom is -0.507 e. The van der Waals surface area contributed by atoms with E-state index < -0.39 is 12.3 Å². The number of aromatic hydroxyl groups is 1. The van der Waals surface area contributed by atoms with E-state index in [9.17, 15) is 15.0 Å². The molecule has 2 atom stereocenters. The molecule has 0 aliphatic heterocycles. The van der Waals surface area contributed by atoms with Crippen LogP contribution < -0.4 is 0 Å². The Labute approximate surface area is 259 Å². The number of unbranched alkanes of at least 4 members (excludes halogenated alkanes) is 3. The summed E-state index contributed by atoms with van der Waals surface area (Å²) in [4.78, 5) is 15.4. The number of hydrogen-bond donors (Lipinski definition) is 2. The largest absolute Gasteiger partial charge is 0.509 e. The number of phenols is 1. The molecular weight excluding hydrogens is 563 g/mol. The Kier molecular flexibility index (Phi) is 21.7. The first kappa shape index (κ1) is 41.1. The van der Waals surface area contributed by atoms with Crippen molar-refractivity contribution in [1.82, 2.24) is 0 Å². The van der Waals surface area contributed by atoms with Gasteiger partial charge in [0.15, 0.2) is 6.10 Å². The van der Waals surface area contributed by atoms with Crippen LogP contribution in [0.3, 0.4) is 0 Å². The highest BCUT2D eigenvalue weighted by atomic mass is 35.5. The predicted molar refractivity (Wildman–Crippen MR) is 172 cm³/mol. The molecule has 41 heavy (non-hydrogen) atoms. The number of alkyl halides is 2. The number of nitrogens with zero attached hydrogens (tertiary/aromatic N) is 2. The van der Waals surface area contributed by atoms with Gasteiger partial charge in [-0.15, -0.1) is 23.2 Å². The van der Waals surface area contributed by atoms with E-state index in [-0.39, 0.29) is 47.1 Å². The second-order valence-corrected chi connectivity index (χ2v) is 12.9. The van der Waals surface area contributed by atoms with Crippen molar-refractivity contribution in [2.24, 2.45) is 10.9 Å². The molecule has 0 aromatic heterocycles. The van der Waals surface area contributed by atoms with Crippen LogP contribution >= 0.6 is 23.2 Å². The van der Waals surface area contributed by atoms with Crippen molar-refractivity contribution in [3.63, 3.8) is 0 Å². The van der Waals surface area contributed by atoms with E-state index in [1.807, 2.05) is 26.0 Å². The van der Waals surface area contributed by atoms with E-state index in [1.54, 1.807) is 13.1 Å². The Morgan fingerprint density at radius 2 is 1.66 bits per heavy atom. The maximum atomic E-state index is 10.9. The molecule has 9 heteroatoms. The van der Waals surface area contributed by atoms with Gasteiger partial charge in [-0.25, -0.2) is 4.79 Å². The van der Waals surface area contributed by atoms with Crippen molar-refractivity contribution in [3.05, 3.63) is 28.8 Å². The number of carbonyl (C=O) groups excluding carboxylic acids is 1. The maximum Gasteiger partial charge on any atom is 0.509 e. The second kappa shape index (κ2) is 21.7.